The molecule has 1 atom stereocenters. The topological polar surface area (TPSA) is 82.2 Å². The number of nitrogens with one attached hydrogen (secondary N) is 1. The quantitative estimate of drug-likeness (QED) is 0.621. The van der Waals surface area contributed by atoms with E-state index in [9.17, 15) is 10.1 Å². The average Bonchev–Trinajstić information content (AvgIpc) is 2.95. The lowest BCUT2D eigenvalue weighted by Crippen LogP contribution is -2.19. The molecule has 17 heavy (non-hydrogen) atoms. The molecule has 2 rings (SSSR count). The van der Waals surface area contributed by atoms with Crippen molar-refractivity contribution in [2.75, 3.05) is 18.5 Å². The molecule has 1 fully saturated rings. The number of nitro groups is 1. The van der Waals surface area contributed by atoms with E-state index < -0.39 is 4.92 Å². The molecule has 1 saturated heterocycles. The van der Waals surface area contributed by atoms with Gasteiger partial charge in [0.25, 0.3) is 0 Å². The van der Waals surface area contributed by atoms with Gasteiger partial charge in [0, 0.05) is 19.7 Å². The van der Waals surface area contributed by atoms with Crippen molar-refractivity contribution in [1.82, 2.24) is 9.78 Å². The zero-order valence-electron chi connectivity index (χ0n) is 9.76. The Kier molecular flexibility index (Phi) is 3.58. The van der Waals surface area contributed by atoms with E-state index in [1.807, 2.05) is 6.92 Å². The molecule has 0 aromatic carbocycles. The van der Waals surface area contributed by atoms with Crippen LogP contribution in [0.3, 0.4) is 0 Å². The highest BCUT2D eigenvalue weighted by molar-refractivity contribution is 5.54. The summed E-state index contributed by atoms with van der Waals surface area (Å²) in [7, 11) is 0. The molecule has 2 heterocycles. The second-order valence-electron chi connectivity index (χ2n) is 3.99. The molecule has 0 spiro atoms. The van der Waals surface area contributed by atoms with Gasteiger partial charge in [-0.25, -0.2) is 0 Å². The number of hydrogen-bond donors (Lipinski definition) is 1. The van der Waals surface area contributed by atoms with Crippen molar-refractivity contribution in [3.8, 4) is 0 Å². The van der Waals surface area contributed by atoms with Gasteiger partial charge in [0.05, 0.1) is 11.0 Å². The highest BCUT2D eigenvalue weighted by Gasteiger charge is 2.21. The Bertz CT molecular complexity index is 398. The van der Waals surface area contributed by atoms with Crippen LogP contribution in [0.5, 0.6) is 0 Å². The van der Waals surface area contributed by atoms with Crippen LogP contribution in [0.2, 0.25) is 0 Å². The monoisotopic (exact) mass is 240 g/mol. The first kappa shape index (κ1) is 11.8. The van der Waals surface area contributed by atoms with Gasteiger partial charge in [-0.2, -0.15) is 0 Å². The maximum Gasteiger partial charge on any atom is 0.330 e. The minimum atomic E-state index is -0.420. The summed E-state index contributed by atoms with van der Waals surface area (Å²) in [4.78, 5) is 10.4. The van der Waals surface area contributed by atoms with Gasteiger partial charge in [-0.1, -0.05) is 0 Å². The summed E-state index contributed by atoms with van der Waals surface area (Å²) in [6.45, 7) is 3.85. The highest BCUT2D eigenvalue weighted by atomic mass is 16.6. The maximum atomic E-state index is 10.8. The molecule has 7 heteroatoms. The standard InChI is InChI=1S/C10H16N4O3/c1-2-13-7-9(14(15)16)10(12-13)11-6-8-4-3-5-17-8/h7-8H,2-6H2,1H3,(H,11,12)/t8-/m0/s1. The van der Waals surface area contributed by atoms with E-state index in [1.54, 1.807) is 4.68 Å². The third kappa shape index (κ3) is 2.73. The number of rotatable bonds is 5. The van der Waals surface area contributed by atoms with Crippen LogP contribution in [-0.4, -0.2) is 34.0 Å². The number of aryl methyl sites for hydroxylation is 1. The van der Waals surface area contributed by atoms with Gasteiger partial charge in [0.2, 0.25) is 5.82 Å². The van der Waals surface area contributed by atoms with E-state index in [0.717, 1.165) is 19.4 Å². The average molecular weight is 240 g/mol. The van der Waals surface area contributed by atoms with Crippen molar-refractivity contribution in [1.29, 1.82) is 0 Å². The lowest BCUT2D eigenvalue weighted by atomic mass is 10.2. The predicted molar refractivity (Wildman–Crippen MR) is 62.0 cm³/mol. The number of anilines is 1. The number of ether oxygens (including phenoxy) is 1. The molecule has 7 nitrogen and oxygen atoms in total. The minimum absolute atomic E-state index is 0.0184. The van der Waals surface area contributed by atoms with Gasteiger partial charge in [0.15, 0.2) is 0 Å². The lowest BCUT2D eigenvalue weighted by Gasteiger charge is -2.09. The molecule has 1 aromatic heterocycles. The first-order chi connectivity index (χ1) is 8.20. The van der Waals surface area contributed by atoms with Crippen LogP contribution < -0.4 is 5.32 Å². The molecule has 0 saturated carbocycles. The summed E-state index contributed by atoms with van der Waals surface area (Å²) in [5, 5.41) is 17.9. The van der Waals surface area contributed by atoms with Crippen molar-refractivity contribution in [2.45, 2.75) is 32.4 Å². The van der Waals surface area contributed by atoms with E-state index in [0.29, 0.717) is 18.9 Å². The fourth-order valence-corrected chi connectivity index (χ4v) is 1.85. The second-order valence-corrected chi connectivity index (χ2v) is 3.99. The molecule has 1 aliphatic rings. The first-order valence-electron chi connectivity index (χ1n) is 5.78. The molecule has 1 N–H and O–H groups in total. The maximum absolute atomic E-state index is 10.8. The molecule has 1 aromatic rings. The Morgan fingerprint density at radius 1 is 1.76 bits per heavy atom. The summed E-state index contributed by atoms with van der Waals surface area (Å²) in [6, 6.07) is 0. The minimum Gasteiger partial charge on any atom is -0.376 e. The zero-order valence-corrected chi connectivity index (χ0v) is 9.76. The highest BCUT2D eigenvalue weighted by Crippen LogP contribution is 2.22. The van der Waals surface area contributed by atoms with Gasteiger partial charge in [-0.3, -0.25) is 14.8 Å². The molecule has 0 bridgehead atoms. The molecule has 0 unspecified atom stereocenters. The summed E-state index contributed by atoms with van der Waals surface area (Å²) in [5.41, 5.74) is 0.0184. The van der Waals surface area contributed by atoms with E-state index >= 15 is 0 Å². The van der Waals surface area contributed by atoms with Crippen molar-refractivity contribution >= 4 is 11.5 Å². The van der Waals surface area contributed by atoms with E-state index in [1.165, 1.54) is 6.20 Å². The van der Waals surface area contributed by atoms with Gasteiger partial charge in [0.1, 0.15) is 6.20 Å². The Morgan fingerprint density at radius 3 is 3.18 bits per heavy atom. The predicted octanol–water partition coefficient (Wildman–Crippen LogP) is 1.40. The Balaban J connectivity index is 2.02. The first-order valence-corrected chi connectivity index (χ1v) is 5.78. The Labute approximate surface area is 98.9 Å². The van der Waals surface area contributed by atoms with Gasteiger partial charge >= 0.3 is 5.69 Å². The van der Waals surface area contributed by atoms with Crippen LogP contribution in [0.25, 0.3) is 0 Å². The van der Waals surface area contributed by atoms with Gasteiger partial charge in [-0.05, 0) is 19.8 Å². The SMILES string of the molecule is CCn1cc([N+](=O)[O-])c(NC[C@@H]2CCCO2)n1. The van der Waals surface area contributed by atoms with Crippen LogP contribution in [0, 0.1) is 10.1 Å². The summed E-state index contributed by atoms with van der Waals surface area (Å²) in [5.74, 6) is 0.326. The lowest BCUT2D eigenvalue weighted by molar-refractivity contribution is -0.384. The second kappa shape index (κ2) is 5.13. The molecule has 94 valence electrons. The Hall–Kier alpha value is -1.63. The normalized spacial score (nSPS) is 19.5. The fourth-order valence-electron chi connectivity index (χ4n) is 1.85. The van der Waals surface area contributed by atoms with Crippen molar-refractivity contribution < 1.29 is 9.66 Å². The number of aromatic nitrogens is 2. The summed E-state index contributed by atoms with van der Waals surface area (Å²) in [6.07, 6.45) is 3.63. The van der Waals surface area contributed by atoms with E-state index in [2.05, 4.69) is 10.4 Å². The molecule has 0 radical (unpaired) electrons. The molecular weight excluding hydrogens is 224 g/mol. The molecule has 0 aliphatic carbocycles. The number of hydrogen-bond acceptors (Lipinski definition) is 5. The molecule has 0 amide bonds. The van der Waals surface area contributed by atoms with Crippen molar-refractivity contribution in [2.24, 2.45) is 0 Å². The van der Waals surface area contributed by atoms with Crippen LogP contribution in [0.1, 0.15) is 19.8 Å². The van der Waals surface area contributed by atoms with E-state index in [4.69, 9.17) is 4.74 Å². The summed E-state index contributed by atoms with van der Waals surface area (Å²) >= 11 is 0. The fraction of sp³-hybridized carbons (Fsp3) is 0.700. The third-order valence-electron chi connectivity index (χ3n) is 2.78. The smallest absolute Gasteiger partial charge is 0.330 e. The number of nitrogens with zero attached hydrogens (tertiary/aromatic N) is 3. The zero-order chi connectivity index (χ0) is 12.3. The van der Waals surface area contributed by atoms with Crippen LogP contribution in [-0.2, 0) is 11.3 Å². The van der Waals surface area contributed by atoms with Crippen molar-refractivity contribution in [3.63, 3.8) is 0 Å². The van der Waals surface area contributed by atoms with Gasteiger partial charge in [-0.15, -0.1) is 5.10 Å². The Morgan fingerprint density at radius 2 is 2.59 bits per heavy atom. The third-order valence-corrected chi connectivity index (χ3v) is 2.78. The van der Waals surface area contributed by atoms with Crippen LogP contribution in [0.15, 0.2) is 6.20 Å². The molecule has 1 aliphatic heterocycles. The largest absolute Gasteiger partial charge is 0.376 e. The van der Waals surface area contributed by atoms with E-state index in [-0.39, 0.29) is 11.8 Å². The van der Waals surface area contributed by atoms with Crippen LogP contribution >= 0.6 is 0 Å². The van der Waals surface area contributed by atoms with Crippen molar-refractivity contribution in [3.05, 3.63) is 16.3 Å². The molecular formula is C10H16N4O3. The summed E-state index contributed by atoms with van der Waals surface area (Å²) < 4.78 is 6.99. The van der Waals surface area contributed by atoms with Gasteiger partial charge < -0.3 is 10.1 Å². The van der Waals surface area contributed by atoms with Crippen LogP contribution in [0.4, 0.5) is 11.5 Å².